The van der Waals surface area contributed by atoms with E-state index in [0.717, 1.165) is 13.1 Å². The van der Waals surface area contributed by atoms with Crippen molar-refractivity contribution < 1.29 is 9.90 Å². The fraction of sp³-hybridized carbons (Fsp3) is 0.409. The molecule has 2 aliphatic rings. The predicted octanol–water partition coefficient (Wildman–Crippen LogP) is 2.19. The molecule has 1 heterocycles. The maximum atomic E-state index is 13.4. The molecule has 1 saturated heterocycles. The normalized spacial score (nSPS) is 25.0. The third kappa shape index (κ3) is 2.83. The number of nitrogens with zero attached hydrogens (tertiary/aromatic N) is 2. The minimum atomic E-state index is -1.65. The van der Waals surface area contributed by atoms with E-state index in [2.05, 4.69) is 11.9 Å². The summed E-state index contributed by atoms with van der Waals surface area (Å²) < 4.78 is 0. The van der Waals surface area contributed by atoms with Gasteiger partial charge >= 0.3 is 0 Å². The summed E-state index contributed by atoms with van der Waals surface area (Å²) >= 11 is 0. The van der Waals surface area contributed by atoms with E-state index in [1.807, 2.05) is 67.7 Å². The van der Waals surface area contributed by atoms with Gasteiger partial charge in [0.05, 0.1) is 0 Å². The molecule has 2 aromatic carbocycles. The zero-order chi connectivity index (χ0) is 18.3. The molecule has 0 radical (unpaired) electrons. The summed E-state index contributed by atoms with van der Waals surface area (Å²) in [6, 6.07) is 18.5. The summed E-state index contributed by atoms with van der Waals surface area (Å²) in [6.07, 6.45) is 0. The van der Waals surface area contributed by atoms with Crippen LogP contribution in [0.1, 0.15) is 11.1 Å². The summed E-state index contributed by atoms with van der Waals surface area (Å²) in [7, 11) is 3.97. The smallest absolute Gasteiger partial charge is 0.263 e. The van der Waals surface area contributed by atoms with Crippen molar-refractivity contribution in [3.8, 4) is 0 Å². The lowest BCUT2D eigenvalue weighted by atomic mass is 9.85. The Morgan fingerprint density at radius 2 is 1.50 bits per heavy atom. The Kier molecular flexibility index (Phi) is 4.33. The number of piperidine rings is 1. The Bertz CT molecular complexity index is 726. The first-order valence-electron chi connectivity index (χ1n) is 9.29. The summed E-state index contributed by atoms with van der Waals surface area (Å²) in [5.74, 6) is 1.72. The maximum Gasteiger partial charge on any atom is 0.263 e. The predicted molar refractivity (Wildman–Crippen MR) is 101 cm³/mol. The highest BCUT2D eigenvalue weighted by molar-refractivity contribution is 5.90. The minimum Gasteiger partial charge on any atom is -0.372 e. The van der Waals surface area contributed by atoms with E-state index in [1.165, 1.54) is 0 Å². The van der Waals surface area contributed by atoms with Gasteiger partial charge in [0.25, 0.3) is 5.91 Å². The molecule has 4 nitrogen and oxygen atoms in total. The van der Waals surface area contributed by atoms with Crippen molar-refractivity contribution in [3.63, 3.8) is 0 Å². The summed E-state index contributed by atoms with van der Waals surface area (Å²) in [5, 5.41) is 11.6. The highest BCUT2D eigenvalue weighted by Gasteiger charge is 2.55. The molecular formula is C22H26N2O2. The molecule has 1 saturated carbocycles. The molecule has 4 heteroatoms. The fourth-order valence-electron chi connectivity index (χ4n) is 4.58. The van der Waals surface area contributed by atoms with Crippen LogP contribution in [0.15, 0.2) is 60.7 Å². The van der Waals surface area contributed by atoms with Crippen molar-refractivity contribution in [2.75, 3.05) is 33.7 Å². The number of fused-ring (bicyclic) bond motifs is 1. The van der Waals surface area contributed by atoms with Crippen molar-refractivity contribution in [3.05, 3.63) is 71.8 Å². The summed E-state index contributed by atoms with van der Waals surface area (Å²) in [4.78, 5) is 17.5. The van der Waals surface area contributed by atoms with Gasteiger partial charge in [0, 0.05) is 26.7 Å². The minimum absolute atomic E-state index is 0.256. The summed E-state index contributed by atoms with van der Waals surface area (Å²) in [6.45, 7) is 2.96. The number of carbonyl (C=O) groups excluding carboxylic acids is 1. The number of hydrogen-bond donors (Lipinski definition) is 1. The highest BCUT2D eigenvalue weighted by atomic mass is 16.3. The van der Waals surface area contributed by atoms with Gasteiger partial charge in [-0.15, -0.1) is 0 Å². The van der Waals surface area contributed by atoms with Crippen molar-refractivity contribution in [1.82, 2.24) is 9.80 Å². The Morgan fingerprint density at radius 1 is 1.04 bits per heavy atom. The molecule has 2 fully saturated rings. The number of carbonyl (C=O) groups is 1. The van der Waals surface area contributed by atoms with Crippen LogP contribution in [-0.4, -0.2) is 54.5 Å². The molecule has 2 atom stereocenters. The van der Waals surface area contributed by atoms with Crippen LogP contribution in [-0.2, 0) is 10.4 Å². The number of amides is 1. The lowest BCUT2D eigenvalue weighted by Crippen LogP contribution is -2.47. The molecule has 0 bridgehead atoms. The second-order valence-electron chi connectivity index (χ2n) is 7.84. The number of hydrogen-bond acceptors (Lipinski definition) is 3. The van der Waals surface area contributed by atoms with Crippen LogP contribution in [0, 0.1) is 17.8 Å². The Morgan fingerprint density at radius 3 is 1.96 bits per heavy atom. The number of benzene rings is 2. The first kappa shape index (κ1) is 17.3. The largest absolute Gasteiger partial charge is 0.372 e. The topological polar surface area (TPSA) is 43.8 Å². The molecular weight excluding hydrogens is 324 g/mol. The van der Waals surface area contributed by atoms with Gasteiger partial charge in [-0.25, -0.2) is 0 Å². The van der Waals surface area contributed by atoms with E-state index in [9.17, 15) is 9.90 Å². The molecule has 1 N–H and O–H groups in total. The third-order valence-electron chi connectivity index (χ3n) is 6.08. The number of aliphatic hydroxyl groups is 1. The van der Waals surface area contributed by atoms with Gasteiger partial charge in [-0.3, -0.25) is 4.79 Å². The van der Waals surface area contributed by atoms with E-state index in [4.69, 9.17) is 0 Å². The van der Waals surface area contributed by atoms with E-state index in [-0.39, 0.29) is 5.91 Å². The van der Waals surface area contributed by atoms with Crippen LogP contribution in [0.25, 0.3) is 0 Å². The molecule has 0 spiro atoms. The molecule has 2 aromatic rings. The lowest BCUT2D eigenvalue weighted by molar-refractivity contribution is -0.147. The van der Waals surface area contributed by atoms with Crippen LogP contribution in [0.5, 0.6) is 0 Å². The Labute approximate surface area is 155 Å². The van der Waals surface area contributed by atoms with Crippen LogP contribution >= 0.6 is 0 Å². The molecule has 4 rings (SSSR count). The molecule has 136 valence electrons. The zero-order valence-corrected chi connectivity index (χ0v) is 15.4. The quantitative estimate of drug-likeness (QED) is 0.899. The van der Waals surface area contributed by atoms with Gasteiger partial charge in [0.15, 0.2) is 5.60 Å². The molecule has 2 unspecified atom stereocenters. The monoisotopic (exact) mass is 350 g/mol. The zero-order valence-electron chi connectivity index (χ0n) is 15.4. The Balaban J connectivity index is 1.59. The first-order chi connectivity index (χ1) is 12.5. The van der Waals surface area contributed by atoms with Gasteiger partial charge in [-0.05, 0) is 35.9 Å². The number of likely N-dealkylation sites (N-methyl/N-ethyl adjacent to an activating group) is 1. The van der Waals surface area contributed by atoms with E-state index >= 15 is 0 Å². The molecule has 1 aliphatic carbocycles. The first-order valence-corrected chi connectivity index (χ1v) is 9.29. The number of likely N-dealkylation sites (tertiary alicyclic amines) is 1. The standard InChI is InChI=1S/C22H26N2O2/c1-23-13-18-19(14-23)20(18)15-24(2)21(25)22(26,16-9-5-3-6-10-16)17-11-7-4-8-12-17/h3-12,18-20,26H,13-15H2,1-2H3. The van der Waals surface area contributed by atoms with Gasteiger partial charge in [0.2, 0.25) is 0 Å². The molecule has 0 aromatic heterocycles. The molecule has 1 aliphatic heterocycles. The van der Waals surface area contributed by atoms with Crippen molar-refractivity contribution in [1.29, 1.82) is 0 Å². The fourth-order valence-corrected chi connectivity index (χ4v) is 4.58. The summed E-state index contributed by atoms with van der Waals surface area (Å²) in [5.41, 5.74) is -0.435. The second-order valence-corrected chi connectivity index (χ2v) is 7.84. The van der Waals surface area contributed by atoms with Gasteiger partial charge in [0.1, 0.15) is 0 Å². The van der Waals surface area contributed by atoms with Crippen LogP contribution in [0.3, 0.4) is 0 Å². The van der Waals surface area contributed by atoms with E-state index < -0.39 is 5.60 Å². The van der Waals surface area contributed by atoms with Gasteiger partial charge in [-0.1, -0.05) is 60.7 Å². The van der Waals surface area contributed by atoms with Gasteiger partial charge in [-0.2, -0.15) is 0 Å². The third-order valence-corrected chi connectivity index (χ3v) is 6.08. The van der Waals surface area contributed by atoms with E-state index in [0.29, 0.717) is 35.4 Å². The average Bonchev–Trinajstić information content (AvgIpc) is 3.12. The average molecular weight is 350 g/mol. The van der Waals surface area contributed by atoms with Crippen molar-refractivity contribution >= 4 is 5.91 Å². The second kappa shape index (κ2) is 6.53. The van der Waals surface area contributed by atoms with E-state index in [1.54, 1.807) is 4.90 Å². The van der Waals surface area contributed by atoms with Crippen molar-refractivity contribution in [2.24, 2.45) is 17.8 Å². The number of rotatable bonds is 5. The van der Waals surface area contributed by atoms with Crippen LogP contribution < -0.4 is 0 Å². The van der Waals surface area contributed by atoms with Crippen LogP contribution in [0.4, 0.5) is 0 Å². The van der Waals surface area contributed by atoms with Crippen LogP contribution in [0.2, 0.25) is 0 Å². The molecule has 26 heavy (non-hydrogen) atoms. The van der Waals surface area contributed by atoms with Gasteiger partial charge < -0.3 is 14.9 Å². The molecule has 1 amide bonds. The maximum absolute atomic E-state index is 13.4. The Hall–Kier alpha value is -2.17. The lowest BCUT2D eigenvalue weighted by Gasteiger charge is -2.33. The SMILES string of the molecule is CN1CC2C(C1)C2CN(C)C(=O)C(O)(c1ccccc1)c1ccccc1. The highest BCUT2D eigenvalue weighted by Crippen LogP contribution is 2.51. The van der Waals surface area contributed by atoms with Crippen molar-refractivity contribution in [2.45, 2.75) is 5.60 Å².